The highest BCUT2D eigenvalue weighted by Crippen LogP contribution is 2.27. The summed E-state index contributed by atoms with van der Waals surface area (Å²) >= 11 is 5.93. The summed E-state index contributed by atoms with van der Waals surface area (Å²) in [5.74, 6) is 0.160. The fourth-order valence-electron chi connectivity index (χ4n) is 2.56. The molecule has 21 heavy (non-hydrogen) atoms. The molecule has 1 unspecified atom stereocenters. The summed E-state index contributed by atoms with van der Waals surface area (Å²) in [6.45, 7) is 2.38. The van der Waals surface area contributed by atoms with Crippen molar-refractivity contribution < 1.29 is 18.3 Å². The van der Waals surface area contributed by atoms with Crippen LogP contribution in [0.25, 0.3) is 0 Å². The Morgan fingerprint density at radius 1 is 1.48 bits per heavy atom. The van der Waals surface area contributed by atoms with Gasteiger partial charge in [-0.15, -0.1) is 0 Å². The van der Waals surface area contributed by atoms with Gasteiger partial charge in [0, 0.05) is 29.8 Å². The van der Waals surface area contributed by atoms with Crippen molar-refractivity contribution in [1.29, 1.82) is 0 Å². The van der Waals surface area contributed by atoms with Crippen LogP contribution in [0, 0.1) is 0 Å². The molecule has 1 aromatic rings. The second kappa shape index (κ2) is 6.90. The molecular weight excluding hydrogens is 300 g/mol. The van der Waals surface area contributed by atoms with E-state index in [1.165, 1.54) is 6.07 Å². The number of hydrogen-bond acceptors (Lipinski definition) is 3. The number of alkyl halides is 2. The number of nitrogens with one attached hydrogen (secondary N) is 1. The van der Waals surface area contributed by atoms with Gasteiger partial charge in [-0.05, 0) is 44.9 Å². The average Bonchev–Trinajstić information content (AvgIpc) is 2.37. The lowest BCUT2D eigenvalue weighted by Crippen LogP contribution is -2.43. The van der Waals surface area contributed by atoms with Crippen molar-refractivity contribution in [1.82, 2.24) is 5.32 Å². The lowest BCUT2D eigenvalue weighted by molar-refractivity contribution is -0.0632. The van der Waals surface area contributed by atoms with Gasteiger partial charge >= 0.3 is 6.61 Å². The molecule has 0 aliphatic carbocycles. The van der Waals surface area contributed by atoms with Gasteiger partial charge in [0.1, 0.15) is 5.75 Å². The molecule has 1 N–H and O–H groups in total. The largest absolute Gasteiger partial charge is 0.434 e. The maximum Gasteiger partial charge on any atom is 0.387 e. The highest BCUT2D eigenvalue weighted by molar-refractivity contribution is 6.30. The van der Waals surface area contributed by atoms with E-state index in [2.05, 4.69) is 10.1 Å². The minimum Gasteiger partial charge on any atom is -0.434 e. The lowest BCUT2D eigenvalue weighted by atomic mass is 9.94. The van der Waals surface area contributed by atoms with Crippen LogP contribution in [0.3, 0.4) is 0 Å². The van der Waals surface area contributed by atoms with Crippen molar-refractivity contribution in [2.24, 2.45) is 0 Å². The SMILES string of the molecule is CC1(C)CC(NCc2cc(Cl)ccc2OC(F)F)CCO1. The van der Waals surface area contributed by atoms with Crippen LogP contribution in [0.5, 0.6) is 5.75 Å². The number of halogens is 3. The molecule has 2 rings (SSSR count). The van der Waals surface area contributed by atoms with Crippen LogP contribution in [0.15, 0.2) is 18.2 Å². The van der Waals surface area contributed by atoms with Crippen LogP contribution < -0.4 is 10.1 Å². The third-order valence-electron chi connectivity index (χ3n) is 3.52. The molecule has 1 heterocycles. The van der Waals surface area contributed by atoms with Gasteiger partial charge in [-0.1, -0.05) is 11.6 Å². The predicted molar refractivity (Wildman–Crippen MR) is 78.0 cm³/mol. The van der Waals surface area contributed by atoms with Gasteiger partial charge < -0.3 is 14.8 Å². The first-order valence-electron chi connectivity index (χ1n) is 6.96. The number of ether oxygens (including phenoxy) is 2. The van der Waals surface area contributed by atoms with E-state index in [1.54, 1.807) is 12.1 Å². The van der Waals surface area contributed by atoms with Crippen LogP contribution in [-0.4, -0.2) is 24.9 Å². The lowest BCUT2D eigenvalue weighted by Gasteiger charge is -2.36. The normalized spacial score (nSPS) is 21.5. The van der Waals surface area contributed by atoms with E-state index in [4.69, 9.17) is 16.3 Å². The first-order chi connectivity index (χ1) is 9.85. The van der Waals surface area contributed by atoms with E-state index >= 15 is 0 Å². The van der Waals surface area contributed by atoms with E-state index in [-0.39, 0.29) is 17.4 Å². The topological polar surface area (TPSA) is 30.5 Å². The molecule has 0 spiro atoms. The van der Waals surface area contributed by atoms with E-state index in [1.807, 2.05) is 13.8 Å². The number of rotatable bonds is 5. The molecule has 1 fully saturated rings. The van der Waals surface area contributed by atoms with Crippen molar-refractivity contribution in [2.45, 2.75) is 51.5 Å². The van der Waals surface area contributed by atoms with Crippen LogP contribution in [-0.2, 0) is 11.3 Å². The Kier molecular flexibility index (Phi) is 5.41. The number of hydrogen-bond donors (Lipinski definition) is 1. The third-order valence-corrected chi connectivity index (χ3v) is 3.75. The summed E-state index contributed by atoms with van der Waals surface area (Å²) in [5.41, 5.74) is 0.471. The Morgan fingerprint density at radius 2 is 2.24 bits per heavy atom. The maximum absolute atomic E-state index is 12.4. The van der Waals surface area contributed by atoms with Gasteiger partial charge in [0.25, 0.3) is 0 Å². The highest BCUT2D eigenvalue weighted by atomic mass is 35.5. The van der Waals surface area contributed by atoms with E-state index in [0.29, 0.717) is 23.7 Å². The second-order valence-corrected chi connectivity index (χ2v) is 6.25. The van der Waals surface area contributed by atoms with E-state index < -0.39 is 6.61 Å². The molecule has 0 saturated carbocycles. The second-order valence-electron chi connectivity index (χ2n) is 5.81. The van der Waals surface area contributed by atoms with E-state index in [9.17, 15) is 8.78 Å². The zero-order valence-corrected chi connectivity index (χ0v) is 12.9. The molecule has 0 bridgehead atoms. The molecular formula is C15H20ClF2NO2. The van der Waals surface area contributed by atoms with Crippen LogP contribution in [0.1, 0.15) is 32.3 Å². The average molecular weight is 320 g/mol. The molecule has 0 amide bonds. The summed E-state index contributed by atoms with van der Waals surface area (Å²) in [7, 11) is 0. The standard InChI is InChI=1S/C15H20ClF2NO2/c1-15(2)8-12(5-6-20-15)19-9-10-7-11(16)3-4-13(10)21-14(17)18/h3-4,7,12,14,19H,5-6,8-9H2,1-2H3. The van der Waals surface area contributed by atoms with Crippen molar-refractivity contribution in [2.75, 3.05) is 6.61 Å². The Hall–Kier alpha value is -0.910. The van der Waals surface area contributed by atoms with Gasteiger partial charge in [-0.2, -0.15) is 8.78 Å². The van der Waals surface area contributed by atoms with Crippen molar-refractivity contribution >= 4 is 11.6 Å². The molecule has 1 atom stereocenters. The fraction of sp³-hybridized carbons (Fsp3) is 0.600. The van der Waals surface area contributed by atoms with Gasteiger partial charge in [0.2, 0.25) is 0 Å². The zero-order valence-electron chi connectivity index (χ0n) is 12.2. The highest BCUT2D eigenvalue weighted by Gasteiger charge is 2.28. The summed E-state index contributed by atoms with van der Waals surface area (Å²) in [4.78, 5) is 0. The van der Waals surface area contributed by atoms with Gasteiger partial charge in [-0.25, -0.2) is 0 Å². The third kappa shape index (κ3) is 5.09. The molecule has 0 aromatic heterocycles. The zero-order chi connectivity index (χ0) is 15.5. The Morgan fingerprint density at radius 3 is 2.90 bits per heavy atom. The molecule has 1 aromatic carbocycles. The molecule has 0 radical (unpaired) electrons. The van der Waals surface area contributed by atoms with Crippen molar-refractivity contribution in [3.05, 3.63) is 28.8 Å². The van der Waals surface area contributed by atoms with Crippen molar-refractivity contribution in [3.63, 3.8) is 0 Å². The minimum absolute atomic E-state index is 0.160. The van der Waals surface area contributed by atoms with Crippen molar-refractivity contribution in [3.8, 4) is 5.75 Å². The first-order valence-corrected chi connectivity index (χ1v) is 7.34. The summed E-state index contributed by atoms with van der Waals surface area (Å²) in [5, 5.41) is 3.87. The maximum atomic E-state index is 12.4. The monoisotopic (exact) mass is 319 g/mol. The summed E-state index contributed by atoms with van der Waals surface area (Å²) in [6, 6.07) is 4.95. The van der Waals surface area contributed by atoms with Crippen LogP contribution in [0.4, 0.5) is 8.78 Å². The Bertz CT molecular complexity index is 483. The van der Waals surface area contributed by atoms with Gasteiger partial charge in [-0.3, -0.25) is 0 Å². The first kappa shape index (κ1) is 16.5. The van der Waals surface area contributed by atoms with Gasteiger partial charge in [0.05, 0.1) is 5.60 Å². The molecule has 1 aliphatic heterocycles. The summed E-state index contributed by atoms with van der Waals surface area (Å²) < 4.78 is 35.0. The number of benzene rings is 1. The smallest absolute Gasteiger partial charge is 0.387 e. The molecule has 1 aliphatic rings. The summed E-state index contributed by atoms with van der Waals surface area (Å²) in [6.07, 6.45) is 1.77. The molecule has 3 nitrogen and oxygen atoms in total. The molecule has 118 valence electrons. The Balaban J connectivity index is 2.00. The van der Waals surface area contributed by atoms with Crippen LogP contribution >= 0.6 is 11.6 Å². The molecule has 6 heteroatoms. The van der Waals surface area contributed by atoms with Crippen LogP contribution in [0.2, 0.25) is 5.02 Å². The van der Waals surface area contributed by atoms with Gasteiger partial charge in [0.15, 0.2) is 0 Å². The quantitative estimate of drug-likeness (QED) is 0.890. The van der Waals surface area contributed by atoms with E-state index in [0.717, 1.165) is 12.8 Å². The fourth-order valence-corrected chi connectivity index (χ4v) is 2.75. The minimum atomic E-state index is -2.84. The predicted octanol–water partition coefficient (Wildman–Crippen LogP) is 3.99. The molecule has 1 saturated heterocycles. The Labute approximate surface area is 128 Å².